The van der Waals surface area contributed by atoms with E-state index in [9.17, 15) is 9.46 Å². The molecule has 0 aliphatic rings. The highest BCUT2D eigenvalue weighted by molar-refractivity contribution is 7.50. The third kappa shape index (κ3) is 17.0. The van der Waals surface area contributed by atoms with E-state index < -0.39 is 7.75 Å². The van der Waals surface area contributed by atoms with Gasteiger partial charge in [0.15, 0.2) is 0 Å². The minimum Gasteiger partial charge on any atom is -0.312 e. The Bertz CT molecular complexity index is 346. The number of hydrogen-bond donors (Lipinski definition) is 1. The molecule has 0 aliphatic carbocycles. The van der Waals surface area contributed by atoms with Crippen molar-refractivity contribution in [2.45, 2.75) is 130 Å². The Morgan fingerprint density at radius 2 is 0.964 bits per heavy atom. The van der Waals surface area contributed by atoms with Gasteiger partial charge in [0.05, 0.1) is 6.61 Å². The van der Waals surface area contributed by atoms with E-state index in [0.717, 1.165) is 32.1 Å². The van der Waals surface area contributed by atoms with Crippen LogP contribution in [-0.4, -0.2) is 29.3 Å². The van der Waals surface area contributed by atoms with Gasteiger partial charge in [-0.2, -0.15) is 0 Å². The second-order valence-corrected chi connectivity index (χ2v) is 10.0. The smallest absolute Gasteiger partial charge is 0.312 e. The molecule has 0 radical (unpaired) electrons. The molecule has 0 saturated carbocycles. The summed E-state index contributed by atoms with van der Waals surface area (Å²) in [7, 11) is -3.63. The van der Waals surface area contributed by atoms with Crippen molar-refractivity contribution in [1.82, 2.24) is 4.67 Å². The first-order valence-corrected chi connectivity index (χ1v) is 13.8. The van der Waals surface area contributed by atoms with Gasteiger partial charge in [0, 0.05) is 13.1 Å². The minimum atomic E-state index is -3.63. The zero-order valence-electron chi connectivity index (χ0n) is 19.3. The van der Waals surface area contributed by atoms with Crippen molar-refractivity contribution in [3.8, 4) is 0 Å². The van der Waals surface area contributed by atoms with Crippen LogP contribution in [0, 0.1) is 0 Å². The molecule has 28 heavy (non-hydrogen) atoms. The molecule has 0 amide bonds. The molecule has 170 valence electrons. The van der Waals surface area contributed by atoms with Crippen molar-refractivity contribution in [1.29, 1.82) is 0 Å². The lowest BCUT2D eigenvalue weighted by Crippen LogP contribution is -2.24. The predicted molar refractivity (Wildman–Crippen MR) is 123 cm³/mol. The van der Waals surface area contributed by atoms with Gasteiger partial charge in [0.25, 0.3) is 0 Å². The molecule has 1 unspecified atom stereocenters. The predicted octanol–water partition coefficient (Wildman–Crippen LogP) is 8.10. The highest BCUT2D eigenvalue weighted by Gasteiger charge is 2.28. The molecule has 0 fully saturated rings. The summed E-state index contributed by atoms with van der Waals surface area (Å²) in [4.78, 5) is 10.4. The Hall–Kier alpha value is 0.110. The molecule has 1 atom stereocenters. The zero-order valence-corrected chi connectivity index (χ0v) is 20.2. The average molecular weight is 420 g/mol. The van der Waals surface area contributed by atoms with Gasteiger partial charge in [0.1, 0.15) is 0 Å². The van der Waals surface area contributed by atoms with Crippen LogP contribution in [0.1, 0.15) is 130 Å². The van der Waals surface area contributed by atoms with Gasteiger partial charge in [-0.3, -0.25) is 4.52 Å². The summed E-state index contributed by atoms with van der Waals surface area (Å²) in [6.45, 7) is 8.19. The van der Waals surface area contributed by atoms with Crippen LogP contribution in [0.5, 0.6) is 0 Å². The summed E-state index contributed by atoms with van der Waals surface area (Å²) in [5, 5.41) is 0. The molecular formula is C23H50NO3P. The van der Waals surface area contributed by atoms with Gasteiger partial charge in [-0.25, -0.2) is 9.24 Å². The Morgan fingerprint density at radius 1 is 0.607 bits per heavy atom. The first-order valence-electron chi connectivity index (χ1n) is 12.3. The van der Waals surface area contributed by atoms with Crippen molar-refractivity contribution >= 4 is 7.75 Å². The van der Waals surface area contributed by atoms with Crippen LogP contribution in [0.4, 0.5) is 0 Å². The zero-order chi connectivity index (χ0) is 20.9. The summed E-state index contributed by atoms with van der Waals surface area (Å²) in [5.41, 5.74) is 0. The summed E-state index contributed by atoms with van der Waals surface area (Å²) in [6.07, 6.45) is 20.7. The largest absolute Gasteiger partial charge is 0.405 e. The second kappa shape index (κ2) is 20.4. The van der Waals surface area contributed by atoms with Crippen molar-refractivity contribution in [2.75, 3.05) is 19.7 Å². The van der Waals surface area contributed by atoms with Gasteiger partial charge >= 0.3 is 7.75 Å². The number of rotatable bonds is 22. The molecule has 0 aromatic rings. The van der Waals surface area contributed by atoms with Crippen LogP contribution >= 0.6 is 7.75 Å². The Balaban J connectivity index is 4.07. The molecule has 0 spiro atoms. The second-order valence-electron chi connectivity index (χ2n) is 8.23. The Labute approximate surface area is 176 Å². The van der Waals surface area contributed by atoms with Crippen LogP contribution in [0.3, 0.4) is 0 Å². The number of hydrogen-bond acceptors (Lipinski definition) is 2. The summed E-state index contributed by atoms with van der Waals surface area (Å²) < 4.78 is 19.7. The van der Waals surface area contributed by atoms with E-state index in [1.807, 2.05) is 6.92 Å². The van der Waals surface area contributed by atoms with Gasteiger partial charge in [-0.1, -0.05) is 111 Å². The van der Waals surface area contributed by atoms with Crippen LogP contribution < -0.4 is 0 Å². The molecule has 4 nitrogen and oxygen atoms in total. The van der Waals surface area contributed by atoms with Crippen LogP contribution in [0.2, 0.25) is 0 Å². The summed E-state index contributed by atoms with van der Waals surface area (Å²) >= 11 is 0. The quantitative estimate of drug-likeness (QED) is 0.142. The summed E-state index contributed by atoms with van der Waals surface area (Å²) in [6, 6.07) is 0. The van der Waals surface area contributed by atoms with Crippen molar-refractivity contribution in [2.24, 2.45) is 0 Å². The minimum absolute atomic E-state index is 0.360. The monoisotopic (exact) mass is 419 g/mol. The van der Waals surface area contributed by atoms with E-state index in [1.165, 1.54) is 77.0 Å². The van der Waals surface area contributed by atoms with E-state index in [1.54, 1.807) is 4.67 Å². The van der Waals surface area contributed by atoms with E-state index >= 15 is 0 Å². The van der Waals surface area contributed by atoms with Crippen molar-refractivity contribution in [3.63, 3.8) is 0 Å². The molecule has 5 heteroatoms. The fourth-order valence-electron chi connectivity index (χ4n) is 3.51. The first kappa shape index (κ1) is 28.1. The highest BCUT2D eigenvalue weighted by atomic mass is 31.2. The first-order chi connectivity index (χ1) is 13.6. The van der Waals surface area contributed by atoms with E-state index in [4.69, 9.17) is 4.52 Å². The van der Waals surface area contributed by atoms with E-state index in [0.29, 0.717) is 19.7 Å². The Kier molecular flexibility index (Phi) is 20.5. The van der Waals surface area contributed by atoms with E-state index in [2.05, 4.69) is 13.8 Å². The van der Waals surface area contributed by atoms with Gasteiger partial charge < -0.3 is 4.89 Å². The van der Waals surface area contributed by atoms with Gasteiger partial charge in [-0.15, -0.1) is 0 Å². The van der Waals surface area contributed by atoms with E-state index in [-0.39, 0.29) is 0 Å². The molecule has 0 aliphatic heterocycles. The number of nitrogens with zero attached hydrogens (tertiary/aromatic N) is 1. The molecule has 0 rings (SSSR count). The topological polar surface area (TPSA) is 49.8 Å². The molecule has 0 aromatic heterocycles. The fourth-order valence-corrected chi connectivity index (χ4v) is 4.88. The van der Waals surface area contributed by atoms with Gasteiger partial charge in [0.2, 0.25) is 0 Å². The SMILES string of the molecule is CCCCCCCCCCN(CCCCCCCCCC)P(=O)(O)OCCC. The molecule has 1 N–H and O–H groups in total. The van der Waals surface area contributed by atoms with Crippen LogP contribution in [0.25, 0.3) is 0 Å². The molecule has 0 aromatic carbocycles. The lowest BCUT2D eigenvalue weighted by Gasteiger charge is -2.26. The molecular weight excluding hydrogens is 369 g/mol. The number of unbranched alkanes of at least 4 members (excludes halogenated alkanes) is 14. The van der Waals surface area contributed by atoms with Crippen LogP contribution in [0.15, 0.2) is 0 Å². The third-order valence-electron chi connectivity index (χ3n) is 5.36. The molecule has 0 heterocycles. The lowest BCUT2D eigenvalue weighted by atomic mass is 10.1. The van der Waals surface area contributed by atoms with Crippen LogP contribution in [-0.2, 0) is 9.09 Å². The normalized spacial score (nSPS) is 13.9. The van der Waals surface area contributed by atoms with Crippen molar-refractivity contribution < 1.29 is 14.0 Å². The maximum atomic E-state index is 12.6. The Morgan fingerprint density at radius 3 is 1.32 bits per heavy atom. The lowest BCUT2D eigenvalue weighted by molar-refractivity contribution is 0.197. The third-order valence-corrected chi connectivity index (χ3v) is 6.99. The maximum Gasteiger partial charge on any atom is 0.405 e. The highest BCUT2D eigenvalue weighted by Crippen LogP contribution is 2.46. The van der Waals surface area contributed by atoms with Crippen molar-refractivity contribution in [3.05, 3.63) is 0 Å². The molecule has 0 saturated heterocycles. The average Bonchev–Trinajstić information content (AvgIpc) is 2.68. The maximum absolute atomic E-state index is 12.6. The fraction of sp³-hybridized carbons (Fsp3) is 1.00. The van der Waals surface area contributed by atoms with Gasteiger partial charge in [-0.05, 0) is 19.3 Å². The standard InChI is InChI=1S/C23H50NO3P/c1-4-7-9-11-13-15-17-19-21-24(28(25,26)27-23-6-3)22-20-18-16-14-12-10-8-5-2/h4-23H2,1-3H3,(H,25,26). The molecule has 0 bridgehead atoms. The summed E-state index contributed by atoms with van der Waals surface area (Å²) in [5.74, 6) is 0.